The van der Waals surface area contributed by atoms with Crippen molar-refractivity contribution in [2.75, 3.05) is 0 Å². The Bertz CT molecular complexity index is 1540. The molecular weight excluding hydrogens is 536 g/mol. The quantitative estimate of drug-likeness (QED) is 0.202. The smallest absolute Gasteiger partial charge is 0.336 e. The highest BCUT2D eigenvalue weighted by Crippen LogP contribution is 2.39. The van der Waals surface area contributed by atoms with E-state index in [1.807, 2.05) is 0 Å². The highest BCUT2D eigenvalue weighted by Gasteiger charge is 2.26. The lowest BCUT2D eigenvalue weighted by molar-refractivity contribution is 0.0697. The first-order chi connectivity index (χ1) is 19.3. The topological polar surface area (TPSA) is 95.1 Å². The van der Waals surface area contributed by atoms with Crippen molar-refractivity contribution in [2.45, 2.75) is 57.9 Å². The summed E-state index contributed by atoms with van der Waals surface area (Å²) in [7, 11) is 0. The lowest BCUT2D eigenvalue weighted by Crippen LogP contribution is -2.41. The van der Waals surface area contributed by atoms with Crippen LogP contribution in [0, 0.1) is 17.6 Å². The van der Waals surface area contributed by atoms with Crippen LogP contribution in [0.4, 0.5) is 8.78 Å². The Morgan fingerprint density at radius 1 is 1.07 bits per heavy atom. The zero-order chi connectivity index (χ0) is 28.4. The number of aromatic carboxylic acids is 1. The average molecular weight is 566 g/mol. The van der Waals surface area contributed by atoms with Crippen LogP contribution in [0.5, 0.6) is 0 Å². The van der Waals surface area contributed by atoms with E-state index < -0.39 is 17.6 Å². The predicted molar refractivity (Wildman–Crippen MR) is 152 cm³/mol. The van der Waals surface area contributed by atoms with Gasteiger partial charge in [0.2, 0.25) is 0 Å². The number of hydrogen-bond donors (Lipinski definition) is 3. The van der Waals surface area contributed by atoms with Crippen molar-refractivity contribution in [2.24, 2.45) is 5.92 Å². The van der Waals surface area contributed by atoms with E-state index >= 15 is 0 Å². The monoisotopic (exact) mass is 565 g/mol. The minimum Gasteiger partial charge on any atom is -0.478 e. The molecule has 208 valence electrons. The Labute approximate surface area is 235 Å². The fraction of sp³-hybridized carbons (Fsp3) is 0.323. The summed E-state index contributed by atoms with van der Waals surface area (Å²) in [5, 5.41) is 13.6. The first kappa shape index (κ1) is 27.8. The maximum Gasteiger partial charge on any atom is 0.336 e. The normalized spacial score (nSPS) is 14.8. The number of amides is 1. The van der Waals surface area contributed by atoms with Crippen molar-refractivity contribution >= 4 is 34.5 Å². The van der Waals surface area contributed by atoms with Crippen LogP contribution >= 0.6 is 11.6 Å². The summed E-state index contributed by atoms with van der Waals surface area (Å²) < 4.78 is 27.6. The third kappa shape index (κ3) is 5.59. The number of halogens is 3. The third-order valence-electron chi connectivity index (χ3n) is 7.71. The molecule has 1 amide bonds. The molecule has 0 bridgehead atoms. The van der Waals surface area contributed by atoms with Crippen LogP contribution in [0.1, 0.15) is 72.6 Å². The zero-order valence-corrected chi connectivity index (χ0v) is 22.8. The molecular formula is C31H30ClF2N3O3. The van der Waals surface area contributed by atoms with Gasteiger partial charge >= 0.3 is 5.97 Å². The lowest BCUT2D eigenvalue weighted by atomic mass is 9.82. The van der Waals surface area contributed by atoms with Gasteiger partial charge in [0.25, 0.3) is 5.91 Å². The van der Waals surface area contributed by atoms with Gasteiger partial charge in [-0.3, -0.25) is 4.79 Å². The second kappa shape index (κ2) is 11.8. The van der Waals surface area contributed by atoms with Gasteiger partial charge in [0.1, 0.15) is 5.82 Å². The van der Waals surface area contributed by atoms with Gasteiger partial charge in [0.05, 0.1) is 16.6 Å². The number of carbonyl (C=O) groups excluding carboxylic acids is 1. The number of H-pyrrole nitrogens is 1. The molecule has 1 aliphatic rings. The van der Waals surface area contributed by atoms with Crippen LogP contribution in [0.25, 0.3) is 33.5 Å². The Morgan fingerprint density at radius 3 is 2.55 bits per heavy atom. The molecule has 6 nitrogen and oxygen atoms in total. The summed E-state index contributed by atoms with van der Waals surface area (Å²) >= 11 is 6.60. The minimum absolute atomic E-state index is 0.0451. The largest absolute Gasteiger partial charge is 0.478 e. The molecule has 3 N–H and O–H groups in total. The van der Waals surface area contributed by atoms with E-state index in [9.17, 15) is 23.5 Å². The summed E-state index contributed by atoms with van der Waals surface area (Å²) in [6, 6.07) is 11.6. The summed E-state index contributed by atoms with van der Waals surface area (Å²) in [6.07, 6.45) is 7.52. The first-order valence-corrected chi connectivity index (χ1v) is 14.0. The molecule has 1 aliphatic carbocycles. The number of benzene rings is 3. The van der Waals surface area contributed by atoms with E-state index in [2.05, 4.69) is 22.2 Å². The fourth-order valence-electron chi connectivity index (χ4n) is 5.73. The number of hydrogen-bond acceptors (Lipinski definition) is 3. The van der Waals surface area contributed by atoms with Crippen LogP contribution < -0.4 is 5.32 Å². The summed E-state index contributed by atoms with van der Waals surface area (Å²) in [6.45, 7) is 2.09. The van der Waals surface area contributed by atoms with Gasteiger partial charge in [-0.05, 0) is 48.9 Å². The van der Waals surface area contributed by atoms with Crippen LogP contribution in [-0.4, -0.2) is 33.0 Å². The molecule has 3 aromatic carbocycles. The molecule has 0 radical (unpaired) electrons. The van der Waals surface area contributed by atoms with E-state index in [0.717, 1.165) is 50.7 Å². The number of rotatable bonds is 8. The highest BCUT2D eigenvalue weighted by atomic mass is 35.5. The average Bonchev–Trinajstić information content (AvgIpc) is 3.35. The van der Waals surface area contributed by atoms with Gasteiger partial charge in [-0.1, -0.05) is 62.4 Å². The summed E-state index contributed by atoms with van der Waals surface area (Å²) in [5.41, 5.74) is 1.76. The SMILES string of the molecule is CCC[C@@H](NC(=O)c1ccc(-c2c(Cl)cccc2-c2nc3cc(F)c(F)cc3[nH]2)c(C(=O)O)c1)C1CCCCC1. The molecule has 0 saturated heterocycles. The Balaban J connectivity index is 1.53. The lowest BCUT2D eigenvalue weighted by Gasteiger charge is -2.31. The zero-order valence-electron chi connectivity index (χ0n) is 22.1. The minimum atomic E-state index is -1.22. The number of fused-ring (bicyclic) bond motifs is 1. The van der Waals surface area contributed by atoms with Crippen LogP contribution in [0.2, 0.25) is 5.02 Å². The second-order valence-electron chi connectivity index (χ2n) is 10.4. The van der Waals surface area contributed by atoms with E-state index in [4.69, 9.17) is 11.6 Å². The molecule has 40 heavy (non-hydrogen) atoms. The Kier molecular flexibility index (Phi) is 8.17. The molecule has 0 aliphatic heterocycles. The van der Waals surface area contributed by atoms with Gasteiger partial charge < -0.3 is 15.4 Å². The molecule has 0 spiro atoms. The molecule has 0 unspecified atom stereocenters. The summed E-state index contributed by atoms with van der Waals surface area (Å²) in [5.74, 6) is -2.87. The van der Waals surface area contributed by atoms with E-state index in [0.29, 0.717) is 22.6 Å². The maximum atomic E-state index is 13.8. The number of carbonyl (C=O) groups is 2. The molecule has 1 aromatic heterocycles. The Hall–Kier alpha value is -3.78. The second-order valence-corrected chi connectivity index (χ2v) is 10.8. The Morgan fingerprint density at radius 2 is 1.82 bits per heavy atom. The third-order valence-corrected chi connectivity index (χ3v) is 8.02. The summed E-state index contributed by atoms with van der Waals surface area (Å²) in [4.78, 5) is 33.1. The number of nitrogens with zero attached hydrogens (tertiary/aromatic N) is 1. The molecule has 1 saturated carbocycles. The standard InChI is InChI=1S/C31H30ClF2N3O3/c1-2-7-25(17-8-4-3-5-9-17)37-30(38)18-12-13-19(21(14-18)31(39)40)28-20(10-6-11-22(28)32)29-35-26-15-23(33)24(34)16-27(26)36-29/h6,10-17,25H,2-5,7-9H2,1H3,(H,35,36)(H,37,38)(H,39,40)/t25-/m1/s1. The molecule has 1 heterocycles. The van der Waals surface area contributed by atoms with Crippen LogP contribution in [0.15, 0.2) is 48.5 Å². The van der Waals surface area contributed by atoms with Gasteiger partial charge in [-0.2, -0.15) is 0 Å². The van der Waals surface area contributed by atoms with Crippen molar-refractivity contribution in [1.29, 1.82) is 0 Å². The van der Waals surface area contributed by atoms with Crippen molar-refractivity contribution in [3.8, 4) is 22.5 Å². The van der Waals surface area contributed by atoms with Crippen molar-refractivity contribution in [3.63, 3.8) is 0 Å². The van der Waals surface area contributed by atoms with Crippen LogP contribution in [-0.2, 0) is 0 Å². The number of carboxylic acid groups (broad SMARTS) is 1. The van der Waals surface area contributed by atoms with Crippen molar-refractivity contribution < 1.29 is 23.5 Å². The number of carboxylic acids is 1. The molecule has 4 aromatic rings. The van der Waals surface area contributed by atoms with E-state index in [1.165, 1.54) is 12.5 Å². The first-order valence-electron chi connectivity index (χ1n) is 13.6. The molecule has 5 rings (SSSR count). The molecule has 1 fully saturated rings. The van der Waals surface area contributed by atoms with Crippen LogP contribution in [0.3, 0.4) is 0 Å². The molecule has 9 heteroatoms. The number of nitrogens with one attached hydrogen (secondary N) is 2. The van der Waals surface area contributed by atoms with Gasteiger partial charge in [-0.15, -0.1) is 0 Å². The number of aromatic nitrogens is 2. The predicted octanol–water partition coefficient (Wildman–Crippen LogP) is 8.01. The van der Waals surface area contributed by atoms with E-state index in [-0.39, 0.29) is 45.0 Å². The fourth-order valence-corrected chi connectivity index (χ4v) is 6.01. The van der Waals surface area contributed by atoms with Gasteiger partial charge in [-0.25, -0.2) is 18.6 Å². The van der Waals surface area contributed by atoms with E-state index in [1.54, 1.807) is 30.3 Å². The number of aromatic amines is 1. The van der Waals surface area contributed by atoms with Gasteiger partial charge in [0.15, 0.2) is 11.6 Å². The number of imidazole rings is 1. The maximum absolute atomic E-state index is 13.8. The van der Waals surface area contributed by atoms with Crippen molar-refractivity contribution in [1.82, 2.24) is 15.3 Å². The highest BCUT2D eigenvalue weighted by molar-refractivity contribution is 6.34. The molecule has 1 atom stereocenters. The van der Waals surface area contributed by atoms with Gasteiger partial charge in [0, 0.05) is 39.9 Å². The van der Waals surface area contributed by atoms with Crippen molar-refractivity contribution in [3.05, 3.63) is 76.3 Å².